The third-order valence-corrected chi connectivity index (χ3v) is 6.23. The molecule has 0 saturated carbocycles. The Balaban J connectivity index is 1.46. The van der Waals surface area contributed by atoms with Gasteiger partial charge in [-0.1, -0.05) is 29.3 Å². The fraction of sp³-hybridized carbons (Fsp3) is 0.125. The van der Waals surface area contributed by atoms with Gasteiger partial charge in [0, 0.05) is 22.3 Å². The number of furan rings is 1. The van der Waals surface area contributed by atoms with Crippen molar-refractivity contribution in [2.24, 2.45) is 0 Å². The zero-order chi connectivity index (χ0) is 23.7. The van der Waals surface area contributed by atoms with Gasteiger partial charge < -0.3 is 9.73 Å². The van der Waals surface area contributed by atoms with Crippen molar-refractivity contribution >= 4 is 63.8 Å². The maximum Gasteiger partial charge on any atom is 0.294 e. The van der Waals surface area contributed by atoms with Crippen molar-refractivity contribution in [1.82, 2.24) is 4.90 Å². The summed E-state index contributed by atoms with van der Waals surface area (Å²) in [6, 6.07) is 14.0. The predicted molar refractivity (Wildman–Crippen MR) is 131 cm³/mol. The van der Waals surface area contributed by atoms with Crippen molar-refractivity contribution in [3.63, 3.8) is 0 Å². The van der Waals surface area contributed by atoms with Gasteiger partial charge in [0.05, 0.1) is 9.93 Å². The van der Waals surface area contributed by atoms with E-state index in [1.807, 2.05) is 32.0 Å². The first kappa shape index (κ1) is 23.2. The second-order valence-corrected chi connectivity index (χ2v) is 9.36. The van der Waals surface area contributed by atoms with Gasteiger partial charge in [0.2, 0.25) is 5.91 Å². The first-order valence-corrected chi connectivity index (χ1v) is 11.5. The second kappa shape index (κ2) is 9.47. The Kier molecular flexibility index (Phi) is 6.65. The van der Waals surface area contributed by atoms with Crippen molar-refractivity contribution in [2.75, 3.05) is 11.9 Å². The van der Waals surface area contributed by atoms with E-state index in [4.69, 9.17) is 27.6 Å². The fourth-order valence-corrected chi connectivity index (χ4v) is 4.74. The summed E-state index contributed by atoms with van der Waals surface area (Å²) in [5, 5.41) is 3.15. The number of imide groups is 1. The van der Waals surface area contributed by atoms with Crippen molar-refractivity contribution in [1.29, 1.82) is 0 Å². The number of benzene rings is 2. The number of hydrogen-bond donors (Lipinski definition) is 1. The van der Waals surface area contributed by atoms with Gasteiger partial charge in [-0.3, -0.25) is 19.3 Å². The maximum atomic E-state index is 12.7. The second-order valence-electron chi connectivity index (χ2n) is 7.52. The van der Waals surface area contributed by atoms with Crippen LogP contribution in [-0.2, 0) is 9.59 Å². The number of nitrogens with zero attached hydrogens (tertiary/aromatic N) is 1. The van der Waals surface area contributed by atoms with Crippen molar-refractivity contribution < 1.29 is 18.8 Å². The zero-order valence-electron chi connectivity index (χ0n) is 17.6. The molecule has 3 aromatic rings. The average molecular weight is 501 g/mol. The van der Waals surface area contributed by atoms with E-state index in [0.29, 0.717) is 32.8 Å². The number of rotatable bonds is 5. The molecule has 3 amide bonds. The standard InChI is InChI=1S/C24H18Cl2N2O4S/c1-13-7-14(2)9-16(8-13)27-22(29)12-28-23(30)21(33-24(28)31)11-17-4-6-20(32-17)18-5-3-15(25)10-19(18)26/h3-11H,12H2,1-2H3,(H,27,29)/b21-11+. The van der Waals surface area contributed by atoms with Crippen LogP contribution in [0.15, 0.2) is 57.9 Å². The molecule has 4 rings (SSSR count). The number of nitrogens with one attached hydrogen (secondary N) is 1. The fourth-order valence-electron chi connectivity index (χ4n) is 3.42. The third kappa shape index (κ3) is 5.33. The number of amides is 3. The molecule has 0 unspecified atom stereocenters. The molecule has 33 heavy (non-hydrogen) atoms. The lowest BCUT2D eigenvalue weighted by Gasteiger charge is -2.13. The number of aryl methyl sites for hydroxylation is 2. The summed E-state index contributed by atoms with van der Waals surface area (Å²) in [6.07, 6.45) is 1.47. The van der Waals surface area contributed by atoms with Gasteiger partial charge >= 0.3 is 0 Å². The minimum absolute atomic E-state index is 0.169. The highest BCUT2D eigenvalue weighted by Gasteiger charge is 2.36. The number of anilines is 1. The number of carbonyl (C=O) groups is 3. The van der Waals surface area contributed by atoms with Gasteiger partial charge in [0.25, 0.3) is 11.1 Å². The minimum atomic E-state index is -0.553. The van der Waals surface area contributed by atoms with Crippen LogP contribution in [0.2, 0.25) is 10.0 Å². The van der Waals surface area contributed by atoms with Crippen molar-refractivity contribution in [3.05, 3.63) is 80.4 Å². The van der Waals surface area contributed by atoms with Gasteiger partial charge in [-0.05, 0) is 79.2 Å². The van der Waals surface area contributed by atoms with Crippen molar-refractivity contribution in [3.8, 4) is 11.3 Å². The molecule has 1 aliphatic heterocycles. The van der Waals surface area contributed by atoms with Gasteiger partial charge in [0.1, 0.15) is 18.1 Å². The minimum Gasteiger partial charge on any atom is -0.457 e. The highest BCUT2D eigenvalue weighted by molar-refractivity contribution is 8.18. The van der Waals surface area contributed by atoms with Crippen LogP contribution in [0.4, 0.5) is 10.5 Å². The molecule has 0 atom stereocenters. The van der Waals surface area contributed by atoms with Crippen LogP contribution >= 0.6 is 35.0 Å². The maximum absolute atomic E-state index is 12.7. The number of hydrogen-bond acceptors (Lipinski definition) is 5. The van der Waals surface area contributed by atoms with Crippen LogP contribution in [0, 0.1) is 13.8 Å². The zero-order valence-corrected chi connectivity index (χ0v) is 20.0. The number of carbonyl (C=O) groups excluding carboxylic acids is 3. The van der Waals surface area contributed by atoms with Crippen LogP contribution in [0.25, 0.3) is 17.4 Å². The molecule has 0 spiro atoms. The van der Waals surface area contributed by atoms with Crippen LogP contribution in [0.1, 0.15) is 16.9 Å². The van der Waals surface area contributed by atoms with Crippen LogP contribution in [0.3, 0.4) is 0 Å². The Bertz CT molecular complexity index is 1300. The third-order valence-electron chi connectivity index (χ3n) is 4.78. The topological polar surface area (TPSA) is 79.6 Å². The molecule has 0 aliphatic carbocycles. The SMILES string of the molecule is Cc1cc(C)cc(NC(=O)CN2C(=O)S/C(=C/c3ccc(-c4ccc(Cl)cc4Cl)o3)C2=O)c1. The Morgan fingerprint density at radius 2 is 1.79 bits per heavy atom. The van der Waals surface area contributed by atoms with Gasteiger partial charge in [-0.2, -0.15) is 0 Å². The molecule has 2 aromatic carbocycles. The molecule has 1 fully saturated rings. The Morgan fingerprint density at radius 1 is 1.06 bits per heavy atom. The quantitative estimate of drug-likeness (QED) is 0.402. The summed E-state index contributed by atoms with van der Waals surface area (Å²) in [4.78, 5) is 38.6. The molecule has 1 aromatic heterocycles. The Hall–Kier alpha value is -3.00. The molecule has 1 saturated heterocycles. The monoisotopic (exact) mass is 500 g/mol. The van der Waals surface area contributed by atoms with Gasteiger partial charge in [-0.25, -0.2) is 0 Å². The van der Waals surface area contributed by atoms with E-state index in [2.05, 4.69) is 5.32 Å². The van der Waals surface area contributed by atoms with E-state index in [1.165, 1.54) is 6.08 Å². The molecule has 0 bridgehead atoms. The highest BCUT2D eigenvalue weighted by Crippen LogP contribution is 2.35. The Labute approximate surface area is 204 Å². The smallest absolute Gasteiger partial charge is 0.294 e. The highest BCUT2D eigenvalue weighted by atomic mass is 35.5. The molecule has 0 radical (unpaired) electrons. The van der Waals surface area contributed by atoms with E-state index in [1.54, 1.807) is 30.3 Å². The van der Waals surface area contributed by atoms with Crippen molar-refractivity contribution in [2.45, 2.75) is 13.8 Å². The lowest BCUT2D eigenvalue weighted by atomic mass is 10.1. The molecular weight excluding hydrogens is 483 g/mol. The van der Waals surface area contributed by atoms with E-state index in [9.17, 15) is 14.4 Å². The molecule has 2 heterocycles. The number of thioether (sulfide) groups is 1. The summed E-state index contributed by atoms with van der Waals surface area (Å²) in [6.45, 7) is 3.47. The van der Waals surface area contributed by atoms with Gasteiger partial charge in [-0.15, -0.1) is 0 Å². The average Bonchev–Trinajstić information content (AvgIpc) is 3.27. The van der Waals surface area contributed by atoms with E-state index < -0.39 is 17.1 Å². The van der Waals surface area contributed by atoms with Gasteiger partial charge in [0.15, 0.2) is 0 Å². The van der Waals surface area contributed by atoms with Crippen LogP contribution < -0.4 is 5.32 Å². The first-order chi connectivity index (χ1) is 15.7. The molecule has 6 nitrogen and oxygen atoms in total. The molecule has 1 aliphatic rings. The number of halogens is 2. The molecule has 1 N–H and O–H groups in total. The predicted octanol–water partition coefficient (Wildman–Crippen LogP) is 6.55. The lowest BCUT2D eigenvalue weighted by molar-refractivity contribution is -0.127. The first-order valence-electron chi connectivity index (χ1n) is 9.88. The molecule has 168 valence electrons. The summed E-state index contributed by atoms with van der Waals surface area (Å²) >= 11 is 12.9. The summed E-state index contributed by atoms with van der Waals surface area (Å²) in [5.74, 6) is -0.138. The Morgan fingerprint density at radius 3 is 2.48 bits per heavy atom. The normalized spacial score (nSPS) is 14.9. The summed E-state index contributed by atoms with van der Waals surface area (Å²) in [7, 11) is 0. The summed E-state index contributed by atoms with van der Waals surface area (Å²) in [5.41, 5.74) is 3.26. The van der Waals surface area contributed by atoms with Crippen LogP contribution in [0.5, 0.6) is 0 Å². The largest absolute Gasteiger partial charge is 0.457 e. The lowest BCUT2D eigenvalue weighted by Crippen LogP contribution is -2.36. The van der Waals surface area contributed by atoms with E-state index in [-0.39, 0.29) is 11.4 Å². The van der Waals surface area contributed by atoms with E-state index in [0.717, 1.165) is 27.8 Å². The summed E-state index contributed by atoms with van der Waals surface area (Å²) < 4.78 is 5.78. The van der Waals surface area contributed by atoms with E-state index >= 15 is 0 Å². The molecular formula is C24H18Cl2N2O4S. The molecule has 9 heteroatoms. The van der Waals surface area contributed by atoms with Crippen LogP contribution in [-0.4, -0.2) is 28.5 Å².